The molecule has 1 aliphatic rings. The van der Waals surface area contributed by atoms with Crippen molar-refractivity contribution < 1.29 is 14.3 Å². The lowest BCUT2D eigenvalue weighted by Gasteiger charge is -2.15. The number of benzene rings is 1. The van der Waals surface area contributed by atoms with E-state index in [1.807, 2.05) is 31.2 Å². The molecule has 0 atom stereocenters. The van der Waals surface area contributed by atoms with Gasteiger partial charge in [0.15, 0.2) is 0 Å². The Labute approximate surface area is 111 Å². The lowest BCUT2D eigenvalue weighted by molar-refractivity contribution is -0.125. The van der Waals surface area contributed by atoms with Crippen LogP contribution in [0.1, 0.15) is 6.92 Å². The predicted molar refractivity (Wildman–Crippen MR) is 71.2 cm³/mol. The van der Waals surface area contributed by atoms with Crippen molar-refractivity contribution in [2.75, 3.05) is 31.6 Å². The number of para-hydroxylation sites is 2. The minimum atomic E-state index is -0.329. The summed E-state index contributed by atoms with van der Waals surface area (Å²) in [6.07, 6.45) is 0. The summed E-state index contributed by atoms with van der Waals surface area (Å²) in [7, 11) is 0. The van der Waals surface area contributed by atoms with Crippen LogP contribution in [0.5, 0.6) is 5.75 Å². The van der Waals surface area contributed by atoms with Crippen LogP contribution in [-0.2, 0) is 4.79 Å². The van der Waals surface area contributed by atoms with E-state index in [1.54, 1.807) is 0 Å². The molecule has 6 nitrogen and oxygen atoms in total. The van der Waals surface area contributed by atoms with Crippen molar-refractivity contribution in [1.82, 2.24) is 10.2 Å². The number of anilines is 1. The highest BCUT2D eigenvalue weighted by Crippen LogP contribution is 2.23. The van der Waals surface area contributed by atoms with Crippen LogP contribution in [0.15, 0.2) is 24.3 Å². The highest BCUT2D eigenvalue weighted by molar-refractivity contribution is 5.97. The van der Waals surface area contributed by atoms with Crippen molar-refractivity contribution in [1.29, 1.82) is 0 Å². The van der Waals surface area contributed by atoms with Gasteiger partial charge >= 0.3 is 6.03 Å². The average Bonchev–Trinajstić information content (AvgIpc) is 2.84. The van der Waals surface area contributed by atoms with Crippen LogP contribution >= 0.6 is 0 Å². The molecule has 2 N–H and O–H groups in total. The number of amides is 3. The normalized spacial score (nSPS) is 14.2. The fourth-order valence-corrected chi connectivity index (χ4v) is 1.87. The van der Waals surface area contributed by atoms with Crippen LogP contribution in [-0.4, -0.2) is 43.1 Å². The summed E-state index contributed by atoms with van der Waals surface area (Å²) in [5, 5.41) is 5.59. The number of hydrogen-bond acceptors (Lipinski definition) is 4. The molecule has 0 radical (unpaired) electrons. The number of rotatable bonds is 5. The highest BCUT2D eigenvalue weighted by atomic mass is 16.5. The minimum Gasteiger partial charge on any atom is -0.492 e. The van der Waals surface area contributed by atoms with Gasteiger partial charge in [-0.05, 0) is 19.1 Å². The molecular weight excluding hydrogens is 246 g/mol. The summed E-state index contributed by atoms with van der Waals surface area (Å²) in [6, 6.07) is 7.07. The maximum Gasteiger partial charge on any atom is 0.324 e. The zero-order valence-corrected chi connectivity index (χ0v) is 10.8. The van der Waals surface area contributed by atoms with Gasteiger partial charge in [0.2, 0.25) is 5.91 Å². The zero-order chi connectivity index (χ0) is 13.7. The number of nitrogens with zero attached hydrogens (tertiary/aromatic N) is 1. The van der Waals surface area contributed by atoms with E-state index < -0.39 is 0 Å². The van der Waals surface area contributed by atoms with Gasteiger partial charge in [-0.3, -0.25) is 9.69 Å². The van der Waals surface area contributed by atoms with Crippen LogP contribution in [0.4, 0.5) is 10.5 Å². The summed E-state index contributed by atoms with van der Waals surface area (Å²) in [5.74, 6) is 0.449. The maximum absolute atomic E-state index is 11.9. The van der Waals surface area contributed by atoms with Crippen LogP contribution in [0.3, 0.4) is 0 Å². The molecule has 3 amide bonds. The molecule has 1 aromatic rings. The Balaban J connectivity index is 1.95. The Kier molecular flexibility index (Phi) is 4.22. The van der Waals surface area contributed by atoms with Crippen molar-refractivity contribution in [3.05, 3.63) is 24.3 Å². The largest absolute Gasteiger partial charge is 0.492 e. The molecule has 6 heteroatoms. The molecule has 1 aliphatic heterocycles. The quantitative estimate of drug-likeness (QED) is 0.833. The number of carbonyl (C=O) groups excluding carboxylic acids is 2. The Morgan fingerprint density at radius 3 is 2.95 bits per heavy atom. The molecule has 1 heterocycles. The van der Waals surface area contributed by atoms with Gasteiger partial charge in [-0.25, -0.2) is 4.79 Å². The molecule has 19 heavy (non-hydrogen) atoms. The molecule has 1 saturated heterocycles. The average molecular weight is 263 g/mol. The van der Waals surface area contributed by atoms with Gasteiger partial charge < -0.3 is 15.4 Å². The molecule has 0 aromatic heterocycles. The second kappa shape index (κ2) is 6.08. The fraction of sp³-hybridized carbons (Fsp3) is 0.385. The Morgan fingerprint density at radius 1 is 1.47 bits per heavy atom. The molecule has 0 bridgehead atoms. The van der Waals surface area contributed by atoms with Crippen LogP contribution in [0.2, 0.25) is 0 Å². The first-order valence-corrected chi connectivity index (χ1v) is 6.26. The summed E-state index contributed by atoms with van der Waals surface area (Å²) < 4.78 is 5.45. The van der Waals surface area contributed by atoms with Crippen LogP contribution in [0, 0.1) is 0 Å². The van der Waals surface area contributed by atoms with Gasteiger partial charge in [0.1, 0.15) is 5.75 Å². The topological polar surface area (TPSA) is 70.7 Å². The number of carbonyl (C=O) groups is 2. The fourth-order valence-electron chi connectivity index (χ4n) is 1.87. The van der Waals surface area contributed by atoms with E-state index in [1.165, 1.54) is 4.90 Å². The van der Waals surface area contributed by atoms with Gasteiger partial charge in [-0.1, -0.05) is 12.1 Å². The van der Waals surface area contributed by atoms with Gasteiger partial charge in [-0.15, -0.1) is 0 Å². The zero-order valence-electron chi connectivity index (χ0n) is 10.8. The molecule has 2 rings (SSSR count). The second-order valence-corrected chi connectivity index (χ2v) is 4.06. The molecule has 1 fully saturated rings. The van der Waals surface area contributed by atoms with E-state index in [0.29, 0.717) is 25.4 Å². The number of imide groups is 1. The summed E-state index contributed by atoms with van der Waals surface area (Å²) in [4.78, 5) is 24.4. The number of urea groups is 1. The highest BCUT2D eigenvalue weighted by Gasteiger charge is 2.25. The number of ether oxygens (including phenoxy) is 1. The Bertz CT molecular complexity index is 476. The molecular formula is C13H17N3O3. The van der Waals surface area contributed by atoms with Crippen molar-refractivity contribution in [3.63, 3.8) is 0 Å². The van der Waals surface area contributed by atoms with Crippen LogP contribution < -0.4 is 15.4 Å². The van der Waals surface area contributed by atoms with Crippen molar-refractivity contribution in [2.45, 2.75) is 6.92 Å². The second-order valence-electron chi connectivity index (χ2n) is 4.06. The first kappa shape index (κ1) is 13.2. The van der Waals surface area contributed by atoms with Gasteiger partial charge in [-0.2, -0.15) is 0 Å². The smallest absolute Gasteiger partial charge is 0.324 e. The summed E-state index contributed by atoms with van der Waals surface area (Å²) >= 11 is 0. The molecule has 0 aliphatic carbocycles. The van der Waals surface area contributed by atoms with E-state index in [0.717, 1.165) is 5.69 Å². The van der Waals surface area contributed by atoms with Gasteiger partial charge in [0.25, 0.3) is 0 Å². The molecule has 0 unspecified atom stereocenters. The minimum absolute atomic E-state index is 0.0670. The third-order valence-electron chi connectivity index (χ3n) is 2.77. The van der Waals surface area contributed by atoms with Crippen LogP contribution in [0.25, 0.3) is 0 Å². The van der Waals surface area contributed by atoms with Gasteiger partial charge in [0.05, 0.1) is 18.8 Å². The van der Waals surface area contributed by atoms with E-state index in [-0.39, 0.29) is 18.5 Å². The van der Waals surface area contributed by atoms with E-state index >= 15 is 0 Å². The Hall–Kier alpha value is -2.24. The van der Waals surface area contributed by atoms with Crippen molar-refractivity contribution in [2.24, 2.45) is 0 Å². The first-order valence-electron chi connectivity index (χ1n) is 6.26. The monoisotopic (exact) mass is 263 g/mol. The lowest BCUT2D eigenvalue weighted by atomic mass is 10.3. The first-order chi connectivity index (χ1) is 9.22. The van der Waals surface area contributed by atoms with E-state index in [9.17, 15) is 9.59 Å². The number of nitrogens with one attached hydrogen (secondary N) is 2. The van der Waals surface area contributed by atoms with Crippen molar-refractivity contribution >= 4 is 17.6 Å². The molecule has 102 valence electrons. The van der Waals surface area contributed by atoms with E-state index in [4.69, 9.17) is 4.74 Å². The summed E-state index contributed by atoms with van der Waals surface area (Å²) in [5.41, 5.74) is 0.748. The third-order valence-corrected chi connectivity index (χ3v) is 2.77. The SMILES string of the molecule is CCOc1ccccc1NCC(=O)N1CCNC1=O. The maximum atomic E-state index is 11.9. The molecule has 1 aromatic carbocycles. The predicted octanol–water partition coefficient (Wildman–Crippen LogP) is 1.05. The number of hydrogen-bond donors (Lipinski definition) is 2. The van der Waals surface area contributed by atoms with Crippen molar-refractivity contribution in [3.8, 4) is 5.75 Å². The molecule has 0 spiro atoms. The third kappa shape index (κ3) is 3.15. The molecule has 0 saturated carbocycles. The standard InChI is InChI=1S/C13H17N3O3/c1-2-19-11-6-4-3-5-10(11)15-9-12(17)16-8-7-14-13(16)18/h3-6,15H,2,7-9H2,1H3,(H,14,18). The van der Waals surface area contributed by atoms with E-state index in [2.05, 4.69) is 10.6 Å². The lowest BCUT2D eigenvalue weighted by Crippen LogP contribution is -2.38. The summed E-state index contributed by atoms with van der Waals surface area (Å²) in [6.45, 7) is 3.46. The Morgan fingerprint density at radius 2 is 2.26 bits per heavy atom. The van der Waals surface area contributed by atoms with Gasteiger partial charge in [0, 0.05) is 13.1 Å².